The molecule has 1 aromatic heterocycles. The van der Waals surface area contributed by atoms with Gasteiger partial charge in [-0.2, -0.15) is 11.8 Å². The monoisotopic (exact) mass is 249 g/mol. The molecule has 0 bridgehead atoms. The Morgan fingerprint density at radius 2 is 2.06 bits per heavy atom. The lowest BCUT2D eigenvalue weighted by Gasteiger charge is -2.17. The van der Waals surface area contributed by atoms with Gasteiger partial charge in [0, 0.05) is 17.0 Å². The summed E-state index contributed by atoms with van der Waals surface area (Å²) in [6.07, 6.45) is 0. The van der Waals surface area contributed by atoms with Gasteiger partial charge in [-0.15, -0.1) is 0 Å². The fourth-order valence-corrected chi connectivity index (χ4v) is 2.38. The zero-order valence-electron chi connectivity index (χ0n) is 10.6. The highest BCUT2D eigenvalue weighted by Gasteiger charge is 2.09. The molecule has 3 nitrogen and oxygen atoms in total. The minimum atomic E-state index is 0.329. The third-order valence-electron chi connectivity index (χ3n) is 2.32. The molecule has 0 radical (unpaired) electrons. The fraction of sp³-hybridized carbons (Fsp3) is 0.462. The maximum Gasteiger partial charge on any atom is 0.201 e. The summed E-state index contributed by atoms with van der Waals surface area (Å²) in [5.74, 6) is 1.95. The summed E-state index contributed by atoms with van der Waals surface area (Å²) in [5.41, 5.74) is 2.09. The molecule has 0 saturated carbocycles. The quantitative estimate of drug-likeness (QED) is 0.815. The van der Waals surface area contributed by atoms with Crippen LogP contribution in [0.25, 0.3) is 11.0 Å². The number of aromatic nitrogens is 2. The summed E-state index contributed by atoms with van der Waals surface area (Å²) in [5, 5.41) is 3.32. The van der Waals surface area contributed by atoms with Crippen molar-refractivity contribution in [3.8, 4) is 0 Å². The lowest BCUT2D eigenvalue weighted by atomic mass is 10.3. The van der Waals surface area contributed by atoms with Crippen LogP contribution in [0.15, 0.2) is 24.3 Å². The van der Waals surface area contributed by atoms with Crippen LogP contribution in [-0.4, -0.2) is 27.0 Å². The van der Waals surface area contributed by atoms with Crippen molar-refractivity contribution in [3.63, 3.8) is 0 Å². The van der Waals surface area contributed by atoms with Gasteiger partial charge in [-0.25, -0.2) is 4.98 Å². The third-order valence-corrected chi connectivity index (χ3v) is 3.59. The van der Waals surface area contributed by atoms with Crippen molar-refractivity contribution in [2.24, 2.45) is 0 Å². The third kappa shape index (κ3) is 3.66. The Hall–Kier alpha value is -1.16. The van der Waals surface area contributed by atoms with E-state index in [0.717, 1.165) is 29.3 Å². The first kappa shape index (κ1) is 12.3. The number of rotatable bonds is 4. The number of benzene rings is 1. The number of anilines is 1. The molecule has 92 valence electrons. The van der Waals surface area contributed by atoms with Crippen LogP contribution in [0.2, 0.25) is 0 Å². The minimum Gasteiger partial charge on any atom is -0.355 e. The Kier molecular flexibility index (Phi) is 3.62. The number of nitrogens with zero attached hydrogens (tertiary/aromatic N) is 1. The van der Waals surface area contributed by atoms with Crippen molar-refractivity contribution in [2.75, 3.05) is 17.6 Å². The van der Waals surface area contributed by atoms with Gasteiger partial charge < -0.3 is 10.3 Å². The Balaban J connectivity index is 1.87. The predicted molar refractivity (Wildman–Crippen MR) is 76.8 cm³/mol. The first-order valence-corrected chi connectivity index (χ1v) is 6.86. The largest absolute Gasteiger partial charge is 0.355 e. The second kappa shape index (κ2) is 5.00. The molecular formula is C13H19N3S. The Bertz CT molecular complexity index is 452. The van der Waals surface area contributed by atoms with Gasteiger partial charge in [-0.3, -0.25) is 0 Å². The van der Waals surface area contributed by atoms with Crippen molar-refractivity contribution in [2.45, 2.75) is 25.5 Å². The summed E-state index contributed by atoms with van der Waals surface area (Å²) >= 11 is 1.96. The zero-order chi connectivity index (χ0) is 12.3. The highest BCUT2D eigenvalue weighted by molar-refractivity contribution is 8.00. The molecule has 0 amide bonds. The first-order chi connectivity index (χ1) is 8.04. The van der Waals surface area contributed by atoms with Gasteiger partial charge in [-0.05, 0) is 12.1 Å². The van der Waals surface area contributed by atoms with Crippen LogP contribution in [0.1, 0.15) is 20.8 Å². The van der Waals surface area contributed by atoms with Crippen LogP contribution in [0, 0.1) is 0 Å². The molecule has 0 atom stereocenters. The highest BCUT2D eigenvalue weighted by Crippen LogP contribution is 2.22. The van der Waals surface area contributed by atoms with E-state index in [1.54, 1.807) is 0 Å². The number of nitrogens with one attached hydrogen (secondary N) is 2. The van der Waals surface area contributed by atoms with E-state index in [2.05, 4.69) is 36.1 Å². The van der Waals surface area contributed by atoms with E-state index in [9.17, 15) is 0 Å². The highest BCUT2D eigenvalue weighted by atomic mass is 32.2. The first-order valence-electron chi connectivity index (χ1n) is 5.87. The summed E-state index contributed by atoms with van der Waals surface area (Å²) in [7, 11) is 0. The predicted octanol–water partition coefficient (Wildman–Crippen LogP) is 3.51. The molecule has 0 aliphatic carbocycles. The van der Waals surface area contributed by atoms with Gasteiger partial charge in [0.2, 0.25) is 5.95 Å². The number of imidazole rings is 1. The minimum absolute atomic E-state index is 0.329. The Morgan fingerprint density at radius 1 is 1.29 bits per heavy atom. The van der Waals surface area contributed by atoms with E-state index < -0.39 is 0 Å². The molecule has 0 fully saturated rings. The molecule has 0 unspecified atom stereocenters. The molecular weight excluding hydrogens is 230 g/mol. The topological polar surface area (TPSA) is 40.7 Å². The van der Waals surface area contributed by atoms with Crippen LogP contribution >= 0.6 is 11.8 Å². The van der Waals surface area contributed by atoms with Gasteiger partial charge in [-0.1, -0.05) is 32.9 Å². The number of aromatic amines is 1. The summed E-state index contributed by atoms with van der Waals surface area (Å²) in [6, 6.07) is 8.07. The molecule has 4 heteroatoms. The van der Waals surface area contributed by atoms with Gasteiger partial charge in [0.05, 0.1) is 11.0 Å². The zero-order valence-corrected chi connectivity index (χ0v) is 11.4. The Morgan fingerprint density at radius 3 is 2.76 bits per heavy atom. The summed E-state index contributed by atoms with van der Waals surface area (Å²) in [4.78, 5) is 7.73. The summed E-state index contributed by atoms with van der Waals surface area (Å²) in [6.45, 7) is 7.64. The van der Waals surface area contributed by atoms with Crippen LogP contribution in [-0.2, 0) is 0 Å². The lowest BCUT2D eigenvalue weighted by molar-refractivity contribution is 0.802. The molecule has 0 saturated heterocycles. The standard InChI is InChI=1S/C13H19N3S/c1-13(2,3)17-9-8-14-12-15-10-6-4-5-7-11(10)16-12/h4-7H,8-9H2,1-3H3,(H2,14,15,16). The number of para-hydroxylation sites is 2. The second-order valence-electron chi connectivity index (χ2n) is 4.99. The lowest BCUT2D eigenvalue weighted by Crippen LogP contribution is -2.13. The van der Waals surface area contributed by atoms with E-state index in [1.165, 1.54) is 0 Å². The van der Waals surface area contributed by atoms with Crippen LogP contribution < -0.4 is 5.32 Å². The number of hydrogen-bond acceptors (Lipinski definition) is 3. The second-order valence-corrected chi connectivity index (χ2v) is 6.91. The molecule has 2 N–H and O–H groups in total. The number of hydrogen-bond donors (Lipinski definition) is 2. The molecule has 2 aromatic rings. The smallest absolute Gasteiger partial charge is 0.201 e. The molecule has 1 heterocycles. The van der Waals surface area contributed by atoms with Crippen molar-refractivity contribution in [1.29, 1.82) is 0 Å². The molecule has 17 heavy (non-hydrogen) atoms. The number of H-pyrrole nitrogens is 1. The van der Waals surface area contributed by atoms with E-state index in [-0.39, 0.29) is 0 Å². The molecule has 0 spiro atoms. The average molecular weight is 249 g/mol. The number of fused-ring (bicyclic) bond motifs is 1. The van der Waals surface area contributed by atoms with Gasteiger partial charge in [0.15, 0.2) is 0 Å². The molecule has 0 aliphatic heterocycles. The maximum absolute atomic E-state index is 4.47. The van der Waals surface area contributed by atoms with Crippen molar-refractivity contribution >= 4 is 28.7 Å². The molecule has 1 aromatic carbocycles. The average Bonchev–Trinajstić information content (AvgIpc) is 2.65. The van der Waals surface area contributed by atoms with Gasteiger partial charge >= 0.3 is 0 Å². The maximum atomic E-state index is 4.47. The molecule has 2 rings (SSSR count). The Labute approximate surface area is 106 Å². The molecule has 0 aliphatic rings. The van der Waals surface area contributed by atoms with E-state index >= 15 is 0 Å². The normalized spacial score (nSPS) is 11.9. The van der Waals surface area contributed by atoms with E-state index in [0.29, 0.717) is 4.75 Å². The fourth-order valence-electron chi connectivity index (χ4n) is 1.56. The van der Waals surface area contributed by atoms with E-state index in [4.69, 9.17) is 0 Å². The van der Waals surface area contributed by atoms with Crippen molar-refractivity contribution in [1.82, 2.24) is 9.97 Å². The van der Waals surface area contributed by atoms with Gasteiger partial charge in [0.1, 0.15) is 0 Å². The number of thioether (sulfide) groups is 1. The van der Waals surface area contributed by atoms with Gasteiger partial charge in [0.25, 0.3) is 0 Å². The van der Waals surface area contributed by atoms with Crippen LogP contribution in [0.4, 0.5) is 5.95 Å². The summed E-state index contributed by atoms with van der Waals surface area (Å²) < 4.78 is 0.329. The van der Waals surface area contributed by atoms with Crippen LogP contribution in [0.5, 0.6) is 0 Å². The van der Waals surface area contributed by atoms with Crippen LogP contribution in [0.3, 0.4) is 0 Å². The van der Waals surface area contributed by atoms with Crippen molar-refractivity contribution < 1.29 is 0 Å². The van der Waals surface area contributed by atoms with E-state index in [1.807, 2.05) is 36.0 Å². The SMILES string of the molecule is CC(C)(C)SCCNc1nc2ccccc2[nH]1. The van der Waals surface area contributed by atoms with Crippen molar-refractivity contribution in [3.05, 3.63) is 24.3 Å².